The minimum atomic E-state index is -0.542. The fourth-order valence-corrected chi connectivity index (χ4v) is 2.96. The van der Waals surface area contributed by atoms with Crippen LogP contribution in [0, 0.1) is 0 Å². The molecule has 0 atom stereocenters. The quantitative estimate of drug-likeness (QED) is 0.542. The van der Waals surface area contributed by atoms with Gasteiger partial charge in [-0.1, -0.05) is 42.0 Å². The molecule has 0 bridgehead atoms. The first-order chi connectivity index (χ1) is 13.4. The Bertz CT molecular complexity index is 1030. The van der Waals surface area contributed by atoms with E-state index in [1.54, 1.807) is 72.8 Å². The number of hydrogen-bond acceptors (Lipinski definition) is 3. The predicted molar refractivity (Wildman–Crippen MR) is 116 cm³/mol. The van der Waals surface area contributed by atoms with Gasteiger partial charge in [0.25, 0.3) is 5.91 Å². The van der Waals surface area contributed by atoms with Crippen molar-refractivity contribution < 1.29 is 9.59 Å². The Morgan fingerprint density at radius 3 is 1.89 bits per heavy atom. The Morgan fingerprint density at radius 1 is 0.786 bits per heavy atom. The summed E-state index contributed by atoms with van der Waals surface area (Å²) in [5.74, 6) is -0.775. The van der Waals surface area contributed by atoms with Crippen molar-refractivity contribution in [3.8, 4) is 0 Å². The van der Waals surface area contributed by atoms with Gasteiger partial charge in [-0.2, -0.15) is 0 Å². The first kappa shape index (κ1) is 19.5. The van der Waals surface area contributed by atoms with Gasteiger partial charge in [0.15, 0.2) is 0 Å². The van der Waals surface area contributed by atoms with Crippen LogP contribution in [0.15, 0.2) is 72.8 Å². The summed E-state index contributed by atoms with van der Waals surface area (Å²) in [6.45, 7) is 0. The largest absolute Gasteiger partial charge is 0.366 e. The molecule has 3 rings (SSSR count). The number of nitrogens with one attached hydrogen (secondary N) is 2. The summed E-state index contributed by atoms with van der Waals surface area (Å²) in [4.78, 5) is 24.2. The third-order valence-electron chi connectivity index (χ3n) is 3.94. The van der Waals surface area contributed by atoms with E-state index in [4.69, 9.17) is 29.6 Å². The molecule has 0 heterocycles. The summed E-state index contributed by atoms with van der Waals surface area (Å²) in [7, 11) is 0. The maximum atomic E-state index is 12.2. The second-order valence-corrected chi connectivity index (χ2v) is 6.75. The van der Waals surface area contributed by atoms with Crippen LogP contribution in [0.4, 0.5) is 11.4 Å². The minimum absolute atomic E-state index is 0.233. The second-order valence-electron chi connectivity index (χ2n) is 5.90. The number of halogens is 1. The predicted octanol–water partition coefficient (Wildman–Crippen LogP) is 4.48. The lowest BCUT2D eigenvalue weighted by Crippen LogP contribution is -2.19. The highest BCUT2D eigenvalue weighted by Gasteiger charge is 2.12. The molecule has 140 valence electrons. The molecule has 0 aliphatic carbocycles. The van der Waals surface area contributed by atoms with E-state index in [0.717, 1.165) is 0 Å². The lowest BCUT2D eigenvalue weighted by molar-refractivity contribution is 0.0997. The van der Waals surface area contributed by atoms with Crippen LogP contribution in [0.2, 0.25) is 5.02 Å². The normalized spacial score (nSPS) is 10.2. The zero-order valence-electron chi connectivity index (χ0n) is 14.6. The van der Waals surface area contributed by atoms with Crippen LogP contribution in [-0.4, -0.2) is 16.8 Å². The molecule has 0 saturated heterocycles. The van der Waals surface area contributed by atoms with Crippen molar-refractivity contribution >= 4 is 52.0 Å². The summed E-state index contributed by atoms with van der Waals surface area (Å²) in [5.41, 5.74) is 8.17. The molecule has 5 nitrogen and oxygen atoms in total. The Kier molecular flexibility index (Phi) is 6.03. The van der Waals surface area contributed by atoms with E-state index in [1.165, 1.54) is 0 Å². The highest BCUT2D eigenvalue weighted by molar-refractivity contribution is 7.81. The average molecular weight is 410 g/mol. The molecule has 0 unspecified atom stereocenters. The topological polar surface area (TPSA) is 84.2 Å². The minimum Gasteiger partial charge on any atom is -0.366 e. The molecule has 0 radical (unpaired) electrons. The van der Waals surface area contributed by atoms with Gasteiger partial charge in [-0.05, 0) is 54.6 Å². The van der Waals surface area contributed by atoms with Crippen LogP contribution in [0.1, 0.15) is 26.3 Å². The van der Waals surface area contributed by atoms with Gasteiger partial charge in [0.2, 0.25) is 5.91 Å². The Labute approximate surface area is 172 Å². The number of benzene rings is 3. The van der Waals surface area contributed by atoms with E-state index in [2.05, 4.69) is 10.6 Å². The number of rotatable bonds is 5. The highest BCUT2D eigenvalue weighted by atomic mass is 35.5. The first-order valence-electron chi connectivity index (χ1n) is 8.31. The number of nitrogens with two attached hydrogens (primary N) is 1. The van der Waals surface area contributed by atoms with Gasteiger partial charge in [-0.25, -0.2) is 0 Å². The fourth-order valence-electron chi connectivity index (χ4n) is 2.54. The van der Waals surface area contributed by atoms with E-state index in [9.17, 15) is 9.59 Å². The smallest absolute Gasteiger partial charge is 0.255 e. The molecule has 0 spiro atoms. The standard InChI is InChI=1S/C21H16ClN3O2S/c22-14-7-5-13(6-8-14)20(27)24-15-9-11-16(12-10-15)25-21(28)18-4-2-1-3-17(18)19(23)26/h1-12H,(H2,23,26)(H,24,27)(H,25,28). The van der Waals surface area contributed by atoms with Gasteiger partial charge in [-0.3, -0.25) is 9.59 Å². The molecule has 28 heavy (non-hydrogen) atoms. The highest BCUT2D eigenvalue weighted by Crippen LogP contribution is 2.18. The lowest BCUT2D eigenvalue weighted by atomic mass is 10.1. The summed E-state index contributed by atoms with van der Waals surface area (Å²) in [6.07, 6.45) is 0. The van der Waals surface area contributed by atoms with Gasteiger partial charge in [0, 0.05) is 33.1 Å². The van der Waals surface area contributed by atoms with Crippen molar-refractivity contribution in [3.05, 3.63) is 94.5 Å². The molecule has 0 aliphatic rings. The van der Waals surface area contributed by atoms with Gasteiger partial charge in [0.1, 0.15) is 4.99 Å². The van der Waals surface area contributed by atoms with Gasteiger partial charge < -0.3 is 16.4 Å². The van der Waals surface area contributed by atoms with Crippen molar-refractivity contribution in [2.45, 2.75) is 0 Å². The molecule has 0 aromatic heterocycles. The zero-order chi connectivity index (χ0) is 20.1. The SMILES string of the molecule is NC(=O)c1ccccc1C(=S)Nc1ccc(NC(=O)c2ccc(Cl)cc2)cc1. The van der Waals surface area contributed by atoms with Crippen LogP contribution in [0.25, 0.3) is 0 Å². The summed E-state index contributed by atoms with van der Waals surface area (Å²) in [6, 6.07) is 20.5. The molecule has 0 aliphatic heterocycles. The van der Waals surface area contributed by atoms with E-state index in [1.807, 2.05) is 0 Å². The summed E-state index contributed by atoms with van der Waals surface area (Å²) in [5, 5.41) is 6.45. The first-order valence-corrected chi connectivity index (χ1v) is 9.10. The Balaban J connectivity index is 1.68. The summed E-state index contributed by atoms with van der Waals surface area (Å²) < 4.78 is 0. The zero-order valence-corrected chi connectivity index (χ0v) is 16.2. The number of hydrogen-bond donors (Lipinski definition) is 3. The third-order valence-corrected chi connectivity index (χ3v) is 4.52. The van der Waals surface area contributed by atoms with Crippen LogP contribution < -0.4 is 16.4 Å². The van der Waals surface area contributed by atoms with Crippen LogP contribution >= 0.6 is 23.8 Å². The number of primary amides is 1. The number of anilines is 2. The molecule has 7 heteroatoms. The van der Waals surface area contributed by atoms with E-state index >= 15 is 0 Å². The molecular formula is C21H16ClN3O2S. The van der Waals surface area contributed by atoms with Gasteiger partial charge in [-0.15, -0.1) is 0 Å². The second kappa shape index (κ2) is 8.65. The maximum absolute atomic E-state index is 12.2. The van der Waals surface area contributed by atoms with Crippen molar-refractivity contribution in [2.24, 2.45) is 5.73 Å². The van der Waals surface area contributed by atoms with Crippen molar-refractivity contribution in [2.75, 3.05) is 10.6 Å². The van der Waals surface area contributed by atoms with Crippen LogP contribution in [0.5, 0.6) is 0 Å². The van der Waals surface area contributed by atoms with Crippen molar-refractivity contribution in [3.63, 3.8) is 0 Å². The van der Waals surface area contributed by atoms with Crippen LogP contribution in [-0.2, 0) is 0 Å². The molecular weight excluding hydrogens is 394 g/mol. The van der Waals surface area contributed by atoms with E-state index < -0.39 is 5.91 Å². The summed E-state index contributed by atoms with van der Waals surface area (Å²) >= 11 is 11.2. The molecule has 3 aromatic carbocycles. The maximum Gasteiger partial charge on any atom is 0.255 e. The molecule has 0 saturated carbocycles. The number of thiocarbonyl (C=S) groups is 1. The number of carbonyl (C=O) groups excluding carboxylic acids is 2. The Morgan fingerprint density at radius 2 is 1.32 bits per heavy atom. The molecule has 4 N–H and O–H groups in total. The Hall–Kier alpha value is -3.22. The molecule has 3 aromatic rings. The monoisotopic (exact) mass is 409 g/mol. The molecule has 0 fully saturated rings. The van der Waals surface area contributed by atoms with Gasteiger partial charge in [0.05, 0.1) is 0 Å². The molecule has 2 amide bonds. The van der Waals surface area contributed by atoms with E-state index in [-0.39, 0.29) is 5.91 Å². The van der Waals surface area contributed by atoms with Crippen molar-refractivity contribution in [1.29, 1.82) is 0 Å². The van der Waals surface area contributed by atoms with Gasteiger partial charge >= 0.3 is 0 Å². The lowest BCUT2D eigenvalue weighted by Gasteiger charge is -2.12. The van der Waals surface area contributed by atoms with E-state index in [0.29, 0.717) is 38.1 Å². The fraction of sp³-hybridized carbons (Fsp3) is 0. The number of carbonyl (C=O) groups is 2. The van der Waals surface area contributed by atoms with Crippen LogP contribution in [0.3, 0.4) is 0 Å². The average Bonchev–Trinajstić information content (AvgIpc) is 2.70. The van der Waals surface area contributed by atoms with Crippen molar-refractivity contribution in [1.82, 2.24) is 0 Å². The number of amides is 2. The third kappa shape index (κ3) is 4.73.